The maximum absolute atomic E-state index is 13.3. The van der Waals surface area contributed by atoms with Crippen molar-refractivity contribution in [2.45, 2.75) is 64.1 Å². The van der Waals surface area contributed by atoms with Gasteiger partial charge < -0.3 is 19.1 Å². The van der Waals surface area contributed by atoms with Gasteiger partial charge in [0, 0.05) is 36.0 Å². The lowest BCUT2D eigenvalue weighted by molar-refractivity contribution is -0.155. The SMILES string of the molecule is COc1ccc(C)c2c1COC(c1csc(C3CCN(C(=O)Cn4nc(C(F)(F)F)cc4C(F)(F)F)CC3)n1)OC2. The average molecular weight is 605 g/mol. The van der Waals surface area contributed by atoms with Crippen molar-refractivity contribution in [3.63, 3.8) is 0 Å². The number of methoxy groups -OCH3 is 1. The summed E-state index contributed by atoms with van der Waals surface area (Å²) in [6.45, 7) is 2.10. The molecule has 1 saturated heterocycles. The van der Waals surface area contributed by atoms with Crippen molar-refractivity contribution < 1.29 is 45.3 Å². The molecule has 1 atom stereocenters. The number of aromatic nitrogens is 3. The van der Waals surface area contributed by atoms with Crippen LogP contribution in [-0.2, 0) is 46.4 Å². The summed E-state index contributed by atoms with van der Waals surface area (Å²) in [6, 6.07) is 3.76. The first kappa shape index (κ1) is 29.3. The molecule has 2 aliphatic rings. The molecule has 41 heavy (non-hydrogen) atoms. The third-order valence-corrected chi connectivity index (χ3v) is 8.25. The number of hydrogen-bond acceptors (Lipinski definition) is 7. The van der Waals surface area contributed by atoms with E-state index < -0.39 is 42.5 Å². The number of likely N-dealkylation sites (tertiary alicyclic amines) is 1. The van der Waals surface area contributed by atoms with Crippen molar-refractivity contribution in [1.82, 2.24) is 19.7 Å². The molecule has 222 valence electrons. The molecule has 0 N–H and O–H groups in total. The predicted molar refractivity (Wildman–Crippen MR) is 133 cm³/mol. The Morgan fingerprint density at radius 2 is 1.76 bits per heavy atom. The number of alkyl halides is 6. The first-order valence-corrected chi connectivity index (χ1v) is 13.6. The lowest BCUT2D eigenvalue weighted by Crippen LogP contribution is -2.40. The van der Waals surface area contributed by atoms with Gasteiger partial charge in [-0.2, -0.15) is 31.4 Å². The predicted octanol–water partition coefficient (Wildman–Crippen LogP) is 5.85. The molecule has 0 aliphatic carbocycles. The van der Waals surface area contributed by atoms with Crippen LogP contribution in [0.15, 0.2) is 23.6 Å². The largest absolute Gasteiger partial charge is 0.496 e. The molecule has 4 heterocycles. The van der Waals surface area contributed by atoms with Gasteiger partial charge in [0.15, 0.2) is 5.69 Å². The number of carbonyl (C=O) groups is 1. The van der Waals surface area contributed by atoms with Gasteiger partial charge in [0.1, 0.15) is 23.7 Å². The molecule has 1 amide bonds. The number of nitrogens with zero attached hydrogens (tertiary/aromatic N) is 4. The quantitative estimate of drug-likeness (QED) is 0.341. The Bertz CT molecular complexity index is 1410. The number of piperidine rings is 1. The van der Waals surface area contributed by atoms with Gasteiger partial charge in [0.2, 0.25) is 12.2 Å². The fourth-order valence-electron chi connectivity index (χ4n) is 4.98. The number of aryl methyl sites for hydroxylation is 1. The van der Waals surface area contributed by atoms with Crippen LogP contribution in [0.3, 0.4) is 0 Å². The molecule has 2 aliphatic heterocycles. The molecule has 0 saturated carbocycles. The highest BCUT2D eigenvalue weighted by Gasteiger charge is 2.42. The minimum Gasteiger partial charge on any atom is -0.496 e. The topological polar surface area (TPSA) is 78.7 Å². The van der Waals surface area contributed by atoms with E-state index in [2.05, 4.69) is 5.10 Å². The summed E-state index contributed by atoms with van der Waals surface area (Å²) >= 11 is 1.43. The maximum atomic E-state index is 13.3. The zero-order valence-corrected chi connectivity index (χ0v) is 22.8. The van der Waals surface area contributed by atoms with E-state index in [0.29, 0.717) is 25.1 Å². The number of thiazole rings is 1. The minimum atomic E-state index is -5.09. The van der Waals surface area contributed by atoms with Gasteiger partial charge in [-0.25, -0.2) is 4.98 Å². The smallest absolute Gasteiger partial charge is 0.435 e. The second-order valence-electron chi connectivity index (χ2n) is 9.83. The van der Waals surface area contributed by atoms with Gasteiger partial charge in [-0.1, -0.05) is 6.07 Å². The van der Waals surface area contributed by atoms with E-state index in [9.17, 15) is 31.1 Å². The van der Waals surface area contributed by atoms with Crippen LogP contribution in [0, 0.1) is 6.92 Å². The molecule has 0 bridgehead atoms. The Labute approximate surface area is 234 Å². The number of fused-ring (bicyclic) bond motifs is 1. The molecule has 1 unspecified atom stereocenters. The minimum absolute atomic E-state index is 0.00427. The van der Waals surface area contributed by atoms with E-state index >= 15 is 0 Å². The Hall–Kier alpha value is -3.17. The highest BCUT2D eigenvalue weighted by molar-refractivity contribution is 7.09. The number of ether oxygens (including phenoxy) is 3. The summed E-state index contributed by atoms with van der Waals surface area (Å²) in [4.78, 5) is 18.8. The summed E-state index contributed by atoms with van der Waals surface area (Å²) in [5.74, 6) is -0.0235. The Morgan fingerprint density at radius 3 is 2.39 bits per heavy atom. The van der Waals surface area contributed by atoms with Crippen molar-refractivity contribution in [3.8, 4) is 5.75 Å². The number of benzene rings is 1. The Morgan fingerprint density at radius 1 is 1.07 bits per heavy atom. The second-order valence-corrected chi connectivity index (χ2v) is 10.7. The molecule has 1 aromatic carbocycles. The van der Waals surface area contributed by atoms with Crippen molar-refractivity contribution in [3.05, 3.63) is 62.4 Å². The van der Waals surface area contributed by atoms with Crippen LogP contribution in [-0.4, -0.2) is 45.8 Å². The zero-order chi connectivity index (χ0) is 29.5. The molecule has 15 heteroatoms. The van der Waals surface area contributed by atoms with Crippen LogP contribution in [0.1, 0.15) is 63.8 Å². The average Bonchev–Trinajstić information content (AvgIpc) is 3.52. The van der Waals surface area contributed by atoms with E-state index in [4.69, 9.17) is 19.2 Å². The van der Waals surface area contributed by atoms with E-state index in [1.54, 1.807) is 7.11 Å². The van der Waals surface area contributed by atoms with Crippen molar-refractivity contribution >= 4 is 17.2 Å². The van der Waals surface area contributed by atoms with Gasteiger partial charge in [-0.05, 0) is 37.0 Å². The summed E-state index contributed by atoms with van der Waals surface area (Å²) in [5.41, 5.74) is 0.291. The maximum Gasteiger partial charge on any atom is 0.435 e. The number of carbonyl (C=O) groups excluding carboxylic acids is 1. The first-order valence-electron chi connectivity index (χ1n) is 12.7. The van der Waals surface area contributed by atoms with Crippen LogP contribution in [0.2, 0.25) is 0 Å². The molecule has 0 radical (unpaired) electrons. The standard InChI is InChI=1S/C26H26F6N4O4S/c1-14-3-4-19(38-2)17-12-40-24(39-11-16(14)17)18-13-41-23(33-18)15-5-7-35(8-6-15)22(37)10-36-21(26(30,31)32)9-20(34-36)25(27,28)29/h3-4,9,13,15,24H,5-8,10-12H2,1-2H3. The lowest BCUT2D eigenvalue weighted by Gasteiger charge is -2.31. The van der Waals surface area contributed by atoms with E-state index in [1.807, 2.05) is 24.4 Å². The molecule has 8 nitrogen and oxygen atoms in total. The third kappa shape index (κ3) is 6.21. The van der Waals surface area contributed by atoms with Crippen molar-refractivity contribution in [1.29, 1.82) is 0 Å². The summed E-state index contributed by atoms with van der Waals surface area (Å²) in [7, 11) is 1.60. The number of halogens is 6. The zero-order valence-electron chi connectivity index (χ0n) is 22.0. The number of hydrogen-bond donors (Lipinski definition) is 0. The molecule has 0 spiro atoms. The monoisotopic (exact) mass is 604 g/mol. The highest BCUT2D eigenvalue weighted by Crippen LogP contribution is 2.38. The van der Waals surface area contributed by atoms with Gasteiger partial charge >= 0.3 is 12.4 Å². The molecule has 1 fully saturated rings. The van der Waals surface area contributed by atoms with Gasteiger partial charge in [-0.15, -0.1) is 11.3 Å². The first-order chi connectivity index (χ1) is 19.3. The number of rotatable bonds is 5. The molecular weight excluding hydrogens is 578 g/mol. The van der Waals surface area contributed by atoms with Crippen molar-refractivity contribution in [2.75, 3.05) is 20.2 Å². The summed E-state index contributed by atoms with van der Waals surface area (Å²) in [5, 5.41) is 5.68. The van der Waals surface area contributed by atoms with Crippen LogP contribution in [0.25, 0.3) is 0 Å². The normalized spacial score (nSPS) is 18.7. The molecule has 2 aromatic heterocycles. The van der Waals surface area contributed by atoms with Crippen molar-refractivity contribution in [2.24, 2.45) is 0 Å². The highest BCUT2D eigenvalue weighted by atomic mass is 32.1. The Balaban J connectivity index is 1.20. The van der Waals surface area contributed by atoms with Crippen LogP contribution < -0.4 is 4.74 Å². The van der Waals surface area contributed by atoms with E-state index in [0.717, 1.165) is 27.4 Å². The molecule has 5 rings (SSSR count). The van der Waals surface area contributed by atoms with E-state index in [1.165, 1.54) is 16.2 Å². The third-order valence-electron chi connectivity index (χ3n) is 7.22. The number of amides is 1. The fraction of sp³-hybridized carbons (Fsp3) is 0.500. The molecular formula is C26H26F6N4O4S. The molecule has 3 aromatic rings. The summed E-state index contributed by atoms with van der Waals surface area (Å²) < 4.78 is 96.2. The summed E-state index contributed by atoms with van der Waals surface area (Å²) in [6.07, 6.45) is -9.86. The van der Waals surface area contributed by atoms with Gasteiger partial charge in [-0.3, -0.25) is 9.48 Å². The van der Waals surface area contributed by atoms with Gasteiger partial charge in [0.05, 0.1) is 25.3 Å². The second kappa shape index (κ2) is 11.2. The lowest BCUT2D eigenvalue weighted by atomic mass is 9.97. The van der Waals surface area contributed by atoms with Crippen LogP contribution in [0.4, 0.5) is 26.3 Å². The fourth-order valence-corrected chi connectivity index (χ4v) is 5.97. The van der Waals surface area contributed by atoms with Crippen LogP contribution >= 0.6 is 11.3 Å². The van der Waals surface area contributed by atoms with E-state index in [-0.39, 0.29) is 36.4 Å². The van der Waals surface area contributed by atoms with Gasteiger partial charge in [0.25, 0.3) is 0 Å². The Kier molecular flexibility index (Phi) is 8.05. The van der Waals surface area contributed by atoms with Crippen LogP contribution in [0.5, 0.6) is 5.75 Å².